The Hall–Kier alpha value is -0.780. The predicted molar refractivity (Wildman–Crippen MR) is 102 cm³/mol. The zero-order valence-electron chi connectivity index (χ0n) is 16.6. The Morgan fingerprint density at radius 2 is 1.48 bits per heavy atom. The maximum absolute atomic E-state index is 11.6. The molecule has 1 fully saturated rings. The van der Waals surface area contributed by atoms with E-state index in [2.05, 4.69) is 9.05 Å². The zero-order valence-corrected chi connectivity index (χ0v) is 17.5. The van der Waals surface area contributed by atoms with Crippen LogP contribution in [0.15, 0.2) is 0 Å². The first-order chi connectivity index (χ1) is 14.3. The number of unbranched alkanes of at least 4 members (excludes halogenated alkanes) is 1. The van der Waals surface area contributed by atoms with Crippen LogP contribution in [0.4, 0.5) is 0 Å². The van der Waals surface area contributed by atoms with Gasteiger partial charge < -0.3 is 57.2 Å². The van der Waals surface area contributed by atoms with E-state index >= 15 is 0 Å². The molecule has 1 saturated carbocycles. The average molecular weight is 480 g/mol. The second-order valence-electron chi connectivity index (χ2n) is 6.85. The molecule has 0 aliphatic heterocycles. The van der Waals surface area contributed by atoms with Crippen molar-refractivity contribution in [3.8, 4) is 0 Å². The number of rotatable bonds is 11. The van der Waals surface area contributed by atoms with Gasteiger partial charge in [-0.1, -0.05) is 6.42 Å². The van der Waals surface area contributed by atoms with Gasteiger partial charge in [-0.2, -0.15) is 0 Å². The normalized spacial score (nSPS) is 32.3. The van der Waals surface area contributed by atoms with Crippen LogP contribution in [0.1, 0.15) is 19.3 Å². The topological polar surface area (TPSA) is 287 Å². The number of aliphatic hydroxyl groups is 7. The van der Waals surface area contributed by atoms with Crippen LogP contribution < -0.4 is 11.5 Å². The van der Waals surface area contributed by atoms with E-state index < -0.39 is 75.8 Å². The summed E-state index contributed by atoms with van der Waals surface area (Å²) < 4.78 is 20.3. The van der Waals surface area contributed by atoms with Crippen molar-refractivity contribution in [2.24, 2.45) is 11.5 Å². The van der Waals surface area contributed by atoms with Gasteiger partial charge in [-0.3, -0.25) is 13.8 Å². The highest BCUT2D eigenvalue weighted by Gasteiger charge is 2.51. The third kappa shape index (κ3) is 10.6. The van der Waals surface area contributed by atoms with Crippen molar-refractivity contribution < 1.29 is 64.2 Å². The summed E-state index contributed by atoms with van der Waals surface area (Å²) in [6, 6.07) is -0.716. The fourth-order valence-electron chi connectivity index (χ4n) is 2.37. The minimum absolute atomic E-state index is 0.520. The number of carboxylic acid groups (broad SMARTS) is 1. The van der Waals surface area contributed by atoms with Crippen molar-refractivity contribution in [3.05, 3.63) is 0 Å². The first-order valence-electron chi connectivity index (χ1n) is 9.32. The molecule has 1 aliphatic rings. The van der Waals surface area contributed by atoms with Crippen LogP contribution in [-0.4, -0.2) is 120 Å². The maximum atomic E-state index is 11.6. The van der Waals surface area contributed by atoms with Gasteiger partial charge in [-0.05, 0) is 19.4 Å². The quantitative estimate of drug-likeness (QED) is 0.0976. The van der Waals surface area contributed by atoms with Crippen LogP contribution in [0.2, 0.25) is 0 Å². The largest absolute Gasteiger partial charge is 0.480 e. The number of nitrogens with two attached hydrogens (primary N) is 2. The first-order valence-corrected chi connectivity index (χ1v) is 10.8. The first kappa shape index (κ1) is 30.2. The van der Waals surface area contributed by atoms with Crippen LogP contribution in [-0.2, 0) is 18.4 Å². The molecular formula is C15H33N2O13P. The number of carbonyl (C=O) groups is 1. The molecule has 0 spiro atoms. The number of phosphoric ester groups is 1. The van der Waals surface area contributed by atoms with E-state index in [0.717, 1.165) is 12.8 Å². The van der Waals surface area contributed by atoms with E-state index in [9.17, 15) is 39.8 Å². The van der Waals surface area contributed by atoms with Crippen molar-refractivity contribution in [1.29, 1.82) is 0 Å². The van der Waals surface area contributed by atoms with E-state index in [1.165, 1.54) is 0 Å². The molecule has 0 aromatic carbocycles. The Morgan fingerprint density at radius 1 is 1.00 bits per heavy atom. The molecule has 0 bridgehead atoms. The van der Waals surface area contributed by atoms with E-state index in [1.54, 1.807) is 0 Å². The number of aliphatic carboxylic acids is 1. The summed E-state index contributed by atoms with van der Waals surface area (Å²) in [5.74, 6) is -0.933. The number of hydrogen-bond acceptors (Lipinski definition) is 13. The molecule has 1 aliphatic carbocycles. The van der Waals surface area contributed by atoms with Crippen LogP contribution in [0.3, 0.4) is 0 Å². The fraction of sp³-hybridized carbons (Fsp3) is 0.933. The van der Waals surface area contributed by atoms with Crippen molar-refractivity contribution >= 4 is 13.8 Å². The molecule has 0 heterocycles. The SMILES string of the molecule is NCCCC[C@H](N)C(=O)O.O=P(O)(OC[C@H](O)CO)OC1[C@H](O)[C@H](O)C(O)[C@H](O)[C@H]1O. The molecule has 0 saturated heterocycles. The molecule has 0 aromatic heterocycles. The lowest BCUT2D eigenvalue weighted by molar-refractivity contribution is -0.220. The van der Waals surface area contributed by atoms with Gasteiger partial charge in [0.2, 0.25) is 0 Å². The number of aliphatic hydroxyl groups excluding tert-OH is 7. The molecule has 0 radical (unpaired) electrons. The molecule has 9 atom stereocenters. The second kappa shape index (κ2) is 14.4. The highest BCUT2D eigenvalue weighted by molar-refractivity contribution is 7.47. The van der Waals surface area contributed by atoms with Crippen molar-refractivity contribution in [1.82, 2.24) is 0 Å². The maximum Gasteiger partial charge on any atom is 0.472 e. The lowest BCUT2D eigenvalue weighted by Gasteiger charge is -2.41. The van der Waals surface area contributed by atoms with E-state index in [4.69, 9.17) is 26.8 Å². The Labute approximate surface area is 178 Å². The van der Waals surface area contributed by atoms with Gasteiger partial charge in [0.05, 0.1) is 13.2 Å². The third-order valence-corrected chi connectivity index (χ3v) is 5.24. The summed E-state index contributed by atoms with van der Waals surface area (Å²) in [6.45, 7) is -0.901. The number of hydrogen-bond donors (Lipinski definition) is 11. The Kier molecular flexibility index (Phi) is 14.0. The molecular weight excluding hydrogens is 447 g/mol. The summed E-state index contributed by atoms with van der Waals surface area (Å²) in [4.78, 5) is 19.5. The average Bonchev–Trinajstić information content (AvgIpc) is 2.72. The lowest BCUT2D eigenvalue weighted by atomic mass is 9.85. The highest BCUT2D eigenvalue weighted by Crippen LogP contribution is 2.46. The van der Waals surface area contributed by atoms with Gasteiger partial charge in [0.25, 0.3) is 0 Å². The van der Waals surface area contributed by atoms with Gasteiger partial charge in [0.1, 0.15) is 48.8 Å². The number of phosphoric acid groups is 1. The molecule has 31 heavy (non-hydrogen) atoms. The minimum Gasteiger partial charge on any atom is -0.480 e. The van der Waals surface area contributed by atoms with Gasteiger partial charge in [-0.25, -0.2) is 4.57 Å². The van der Waals surface area contributed by atoms with Crippen LogP contribution in [0.5, 0.6) is 0 Å². The van der Waals surface area contributed by atoms with E-state index in [1.807, 2.05) is 0 Å². The molecule has 13 N–H and O–H groups in total. The summed E-state index contributed by atoms with van der Waals surface area (Å²) in [7, 11) is -4.87. The fourth-order valence-corrected chi connectivity index (χ4v) is 3.35. The number of carboxylic acids is 1. The monoisotopic (exact) mass is 480 g/mol. The van der Waals surface area contributed by atoms with E-state index in [0.29, 0.717) is 13.0 Å². The molecule has 0 amide bonds. The molecule has 186 valence electrons. The molecule has 3 unspecified atom stereocenters. The molecule has 1 rings (SSSR count). The van der Waals surface area contributed by atoms with Gasteiger partial charge >= 0.3 is 13.8 Å². The Bertz CT molecular complexity index is 555. The zero-order chi connectivity index (χ0) is 24.4. The highest BCUT2D eigenvalue weighted by atomic mass is 31.2. The summed E-state index contributed by atoms with van der Waals surface area (Å²) in [6.07, 6.45) is -10.8. The van der Waals surface area contributed by atoms with Crippen LogP contribution in [0, 0.1) is 0 Å². The van der Waals surface area contributed by atoms with Gasteiger partial charge in [-0.15, -0.1) is 0 Å². The summed E-state index contributed by atoms with van der Waals surface area (Å²) in [5, 5.41) is 73.2. The third-order valence-electron chi connectivity index (χ3n) is 4.26. The molecule has 16 heteroatoms. The van der Waals surface area contributed by atoms with Crippen molar-refractivity contribution in [2.75, 3.05) is 19.8 Å². The van der Waals surface area contributed by atoms with Crippen LogP contribution in [0.25, 0.3) is 0 Å². The predicted octanol–water partition coefficient (Wildman–Crippen LogP) is -4.81. The molecule has 15 nitrogen and oxygen atoms in total. The smallest absolute Gasteiger partial charge is 0.472 e. The standard InChI is InChI=1S/C9H19O11P.C6H14N2O2/c10-1-3(11)2-19-21(17,18)20-9-7(15)5(13)4(12)6(14)8(9)16;7-4-2-1-3-5(8)6(9)10/h3-16H,1-2H2,(H,17,18);5H,1-4,7-8H2,(H,9,10)/t3-,4?,5-,6+,7-,8-,9?;5-/m10/s1. The minimum atomic E-state index is -4.87. The summed E-state index contributed by atoms with van der Waals surface area (Å²) >= 11 is 0. The van der Waals surface area contributed by atoms with Crippen molar-refractivity contribution in [2.45, 2.75) is 68.0 Å². The van der Waals surface area contributed by atoms with E-state index in [-0.39, 0.29) is 0 Å². The molecule has 0 aromatic rings. The van der Waals surface area contributed by atoms with Crippen molar-refractivity contribution in [3.63, 3.8) is 0 Å². The lowest BCUT2D eigenvalue weighted by Crippen LogP contribution is -2.64. The second-order valence-corrected chi connectivity index (χ2v) is 8.26. The van der Waals surface area contributed by atoms with Crippen LogP contribution >= 0.6 is 7.82 Å². The Balaban J connectivity index is 0.000000759. The Morgan fingerprint density at radius 3 is 1.90 bits per heavy atom. The van der Waals surface area contributed by atoms with Gasteiger partial charge in [0.15, 0.2) is 0 Å². The van der Waals surface area contributed by atoms with Gasteiger partial charge in [0, 0.05) is 0 Å². The summed E-state index contributed by atoms with van der Waals surface area (Å²) in [5.41, 5.74) is 10.4.